The van der Waals surface area contributed by atoms with Gasteiger partial charge in [-0.2, -0.15) is 0 Å². The highest BCUT2D eigenvalue weighted by Gasteiger charge is 2.43. The smallest absolute Gasteiger partial charge is 0.344 e. The number of rotatable bonds is 6. The molecule has 0 aromatic heterocycles. The molecule has 100 valence electrons. The highest BCUT2D eigenvalue weighted by molar-refractivity contribution is 5.76. The zero-order chi connectivity index (χ0) is 13.6. The minimum Gasteiger partial charge on any atom is -0.464 e. The first kappa shape index (κ1) is 14.6. The molecule has 1 rings (SSSR count). The molecule has 0 aliphatic heterocycles. The Morgan fingerprint density at radius 3 is 2.50 bits per heavy atom. The molecule has 0 radical (unpaired) electrons. The average Bonchev–Trinajstić information content (AvgIpc) is 2.39. The lowest BCUT2D eigenvalue weighted by atomic mass is 9.85. The van der Waals surface area contributed by atoms with Crippen molar-refractivity contribution in [3.05, 3.63) is 35.9 Å². The number of halogens is 1. The number of ether oxygens (including phenoxy) is 1. The summed E-state index contributed by atoms with van der Waals surface area (Å²) in [6, 6.07) is 8.40. The van der Waals surface area contributed by atoms with Crippen molar-refractivity contribution in [1.82, 2.24) is 0 Å². The summed E-state index contributed by atoms with van der Waals surface area (Å²) < 4.78 is 18.8. The minimum atomic E-state index is -2.07. The maximum atomic E-state index is 14.2. The van der Waals surface area contributed by atoms with E-state index in [9.17, 15) is 14.3 Å². The first-order valence-electron chi connectivity index (χ1n) is 6.14. The Balaban J connectivity index is 3.03. The molecule has 2 unspecified atom stereocenters. The Bertz CT molecular complexity index is 380. The number of hydrogen-bond donors (Lipinski definition) is 1. The van der Waals surface area contributed by atoms with Crippen molar-refractivity contribution in [2.45, 2.75) is 38.5 Å². The van der Waals surface area contributed by atoms with Crippen LogP contribution >= 0.6 is 0 Å². The Morgan fingerprint density at radius 2 is 2.00 bits per heavy atom. The van der Waals surface area contributed by atoms with E-state index < -0.39 is 17.7 Å². The van der Waals surface area contributed by atoms with Crippen LogP contribution in [-0.2, 0) is 15.1 Å². The average molecular weight is 254 g/mol. The fourth-order valence-corrected chi connectivity index (χ4v) is 1.94. The van der Waals surface area contributed by atoms with Crippen LogP contribution in [0, 0.1) is 0 Å². The summed E-state index contributed by atoms with van der Waals surface area (Å²) in [6.45, 7) is 3.52. The van der Waals surface area contributed by atoms with Crippen molar-refractivity contribution in [2.75, 3.05) is 6.61 Å². The van der Waals surface area contributed by atoms with Gasteiger partial charge in [-0.3, -0.25) is 0 Å². The van der Waals surface area contributed by atoms with Crippen LogP contribution in [0.25, 0.3) is 0 Å². The van der Waals surface area contributed by atoms with Gasteiger partial charge in [-0.1, -0.05) is 43.7 Å². The molecule has 0 amide bonds. The summed E-state index contributed by atoms with van der Waals surface area (Å²) in [4.78, 5) is 11.5. The van der Waals surface area contributed by atoms with Gasteiger partial charge in [0.2, 0.25) is 6.17 Å². The quantitative estimate of drug-likeness (QED) is 0.794. The van der Waals surface area contributed by atoms with Crippen molar-refractivity contribution in [2.24, 2.45) is 0 Å². The van der Waals surface area contributed by atoms with E-state index in [1.54, 1.807) is 37.3 Å². The Labute approximate surface area is 107 Å². The SMILES string of the molecule is CCCC(O)(c1ccccc1)C(F)C(=O)OCC. The van der Waals surface area contributed by atoms with Crippen LogP contribution in [0.5, 0.6) is 0 Å². The van der Waals surface area contributed by atoms with E-state index in [2.05, 4.69) is 4.74 Å². The van der Waals surface area contributed by atoms with Crippen molar-refractivity contribution in [3.8, 4) is 0 Å². The predicted octanol–water partition coefficient (Wildman–Crippen LogP) is 2.58. The molecule has 0 saturated heterocycles. The zero-order valence-corrected chi connectivity index (χ0v) is 10.7. The molecule has 0 heterocycles. The lowest BCUT2D eigenvalue weighted by molar-refractivity contribution is -0.162. The first-order chi connectivity index (χ1) is 8.56. The van der Waals surface area contributed by atoms with E-state index in [1.807, 2.05) is 6.92 Å². The van der Waals surface area contributed by atoms with Gasteiger partial charge in [0.1, 0.15) is 5.60 Å². The van der Waals surface area contributed by atoms with Crippen LogP contribution in [0.3, 0.4) is 0 Å². The number of carbonyl (C=O) groups excluding carboxylic acids is 1. The van der Waals surface area contributed by atoms with E-state index in [4.69, 9.17) is 0 Å². The van der Waals surface area contributed by atoms with Gasteiger partial charge in [0.05, 0.1) is 6.61 Å². The van der Waals surface area contributed by atoms with Gasteiger partial charge in [-0.05, 0) is 18.9 Å². The van der Waals surface area contributed by atoms with Crippen LogP contribution < -0.4 is 0 Å². The summed E-state index contributed by atoms with van der Waals surface area (Å²) in [5.74, 6) is -1.02. The molecule has 0 saturated carbocycles. The molecule has 18 heavy (non-hydrogen) atoms. The number of esters is 1. The number of alkyl halides is 1. The minimum absolute atomic E-state index is 0.0935. The summed E-state index contributed by atoms with van der Waals surface area (Å²) >= 11 is 0. The maximum absolute atomic E-state index is 14.2. The third-order valence-electron chi connectivity index (χ3n) is 2.82. The van der Waals surface area contributed by atoms with Gasteiger partial charge in [0.25, 0.3) is 0 Å². The Hall–Kier alpha value is -1.42. The van der Waals surface area contributed by atoms with Gasteiger partial charge < -0.3 is 9.84 Å². The molecule has 0 fully saturated rings. The first-order valence-corrected chi connectivity index (χ1v) is 6.14. The second-order valence-electron chi connectivity index (χ2n) is 4.15. The van der Waals surface area contributed by atoms with Gasteiger partial charge in [-0.15, -0.1) is 0 Å². The van der Waals surface area contributed by atoms with Crippen molar-refractivity contribution < 1.29 is 19.0 Å². The fraction of sp³-hybridized carbons (Fsp3) is 0.500. The van der Waals surface area contributed by atoms with E-state index >= 15 is 0 Å². The third-order valence-corrected chi connectivity index (χ3v) is 2.82. The van der Waals surface area contributed by atoms with Gasteiger partial charge >= 0.3 is 5.97 Å². The van der Waals surface area contributed by atoms with Crippen LogP contribution in [0.1, 0.15) is 32.3 Å². The number of hydrogen-bond acceptors (Lipinski definition) is 3. The van der Waals surface area contributed by atoms with E-state index in [1.165, 1.54) is 0 Å². The molecular formula is C14H19FO3. The largest absolute Gasteiger partial charge is 0.464 e. The monoisotopic (exact) mass is 254 g/mol. The Morgan fingerprint density at radius 1 is 1.39 bits per heavy atom. The summed E-state index contributed by atoms with van der Waals surface area (Å²) in [6.07, 6.45) is -1.35. The fourth-order valence-electron chi connectivity index (χ4n) is 1.94. The van der Waals surface area contributed by atoms with Gasteiger partial charge in [0, 0.05) is 0 Å². The molecule has 0 spiro atoms. The molecule has 4 heteroatoms. The van der Waals surface area contributed by atoms with E-state index in [0.717, 1.165) is 0 Å². The highest BCUT2D eigenvalue weighted by Crippen LogP contribution is 2.32. The lowest BCUT2D eigenvalue weighted by Gasteiger charge is -2.30. The summed E-state index contributed by atoms with van der Waals surface area (Å²) in [5.41, 5.74) is -1.42. The molecule has 0 aliphatic rings. The third kappa shape index (κ3) is 3.07. The van der Waals surface area contributed by atoms with Crippen LogP contribution in [0.4, 0.5) is 4.39 Å². The van der Waals surface area contributed by atoms with Crippen LogP contribution in [0.2, 0.25) is 0 Å². The standard InChI is InChI=1S/C14H19FO3/c1-3-10-14(17,11-8-6-5-7-9-11)12(15)13(16)18-4-2/h5-9,12,17H,3-4,10H2,1-2H3. The molecule has 1 N–H and O–H groups in total. The van der Waals surface area contributed by atoms with E-state index in [0.29, 0.717) is 12.0 Å². The number of aliphatic hydroxyl groups is 1. The summed E-state index contributed by atoms with van der Waals surface area (Å²) in [7, 11) is 0. The second-order valence-corrected chi connectivity index (χ2v) is 4.15. The van der Waals surface area contributed by atoms with Crippen molar-refractivity contribution in [3.63, 3.8) is 0 Å². The van der Waals surface area contributed by atoms with Crippen molar-refractivity contribution in [1.29, 1.82) is 0 Å². The molecule has 0 aliphatic carbocycles. The maximum Gasteiger partial charge on any atom is 0.344 e. The summed E-state index contributed by atoms with van der Waals surface area (Å²) in [5, 5.41) is 10.5. The molecule has 1 aromatic rings. The van der Waals surface area contributed by atoms with Crippen LogP contribution in [0.15, 0.2) is 30.3 Å². The Kier molecular flexibility index (Phi) is 5.28. The highest BCUT2D eigenvalue weighted by atomic mass is 19.1. The lowest BCUT2D eigenvalue weighted by Crippen LogP contribution is -2.42. The van der Waals surface area contributed by atoms with E-state index in [-0.39, 0.29) is 13.0 Å². The molecule has 1 aromatic carbocycles. The topological polar surface area (TPSA) is 46.5 Å². The molecule has 2 atom stereocenters. The predicted molar refractivity (Wildman–Crippen MR) is 66.8 cm³/mol. The second kappa shape index (κ2) is 6.50. The van der Waals surface area contributed by atoms with Gasteiger partial charge in [0.15, 0.2) is 0 Å². The molecular weight excluding hydrogens is 235 g/mol. The zero-order valence-electron chi connectivity index (χ0n) is 10.7. The molecule has 0 bridgehead atoms. The molecule has 3 nitrogen and oxygen atoms in total. The van der Waals surface area contributed by atoms with Crippen LogP contribution in [-0.4, -0.2) is 23.9 Å². The van der Waals surface area contributed by atoms with Crippen molar-refractivity contribution >= 4 is 5.97 Å². The number of carbonyl (C=O) groups is 1. The van der Waals surface area contributed by atoms with Gasteiger partial charge in [-0.25, -0.2) is 9.18 Å². The normalized spacial score (nSPS) is 15.8. The number of benzene rings is 1.